The molecule has 0 aliphatic carbocycles. The van der Waals surface area contributed by atoms with Crippen LogP contribution in [0.2, 0.25) is 0 Å². The van der Waals surface area contributed by atoms with Crippen LogP contribution in [0.4, 0.5) is 11.4 Å². The lowest BCUT2D eigenvalue weighted by molar-refractivity contribution is -0.114. The number of ether oxygens (including phenoxy) is 3. The molecule has 0 unspecified atom stereocenters. The number of sulfonamides is 1. The molecular weight excluding hydrogens is 456 g/mol. The molecule has 0 atom stereocenters. The lowest BCUT2D eigenvalue weighted by Gasteiger charge is -2.24. The van der Waals surface area contributed by atoms with Crippen molar-refractivity contribution in [1.29, 1.82) is 0 Å². The first-order valence-electron chi connectivity index (χ1n) is 10.6. The summed E-state index contributed by atoms with van der Waals surface area (Å²) in [6.45, 7) is 3.79. The Labute approximate surface area is 200 Å². The second-order valence-corrected chi connectivity index (χ2v) is 9.23. The minimum Gasteiger partial charge on any atom is -0.494 e. The van der Waals surface area contributed by atoms with Gasteiger partial charge in [0.25, 0.3) is 10.0 Å². The van der Waals surface area contributed by atoms with Crippen molar-refractivity contribution in [3.8, 4) is 17.2 Å². The van der Waals surface area contributed by atoms with E-state index in [4.69, 9.17) is 14.2 Å². The lowest BCUT2D eigenvalue weighted by atomic mass is 10.2. The van der Waals surface area contributed by atoms with Gasteiger partial charge in [-0.2, -0.15) is 0 Å². The van der Waals surface area contributed by atoms with E-state index in [0.29, 0.717) is 35.2 Å². The summed E-state index contributed by atoms with van der Waals surface area (Å²) in [5, 5.41) is 2.73. The molecule has 9 heteroatoms. The van der Waals surface area contributed by atoms with Crippen LogP contribution in [0.5, 0.6) is 17.2 Å². The zero-order valence-electron chi connectivity index (χ0n) is 19.6. The number of anilines is 2. The first-order valence-corrected chi connectivity index (χ1v) is 12.1. The maximum absolute atomic E-state index is 13.5. The number of rotatable bonds is 10. The molecule has 3 aromatic rings. The Kier molecular flexibility index (Phi) is 8.01. The van der Waals surface area contributed by atoms with Gasteiger partial charge >= 0.3 is 0 Å². The van der Waals surface area contributed by atoms with E-state index in [9.17, 15) is 13.2 Å². The van der Waals surface area contributed by atoms with Crippen molar-refractivity contribution in [2.75, 3.05) is 37.0 Å². The number of hydrogen-bond acceptors (Lipinski definition) is 6. The first kappa shape index (κ1) is 24.9. The molecule has 0 saturated heterocycles. The fourth-order valence-corrected chi connectivity index (χ4v) is 4.69. The number of amides is 1. The molecule has 0 saturated carbocycles. The van der Waals surface area contributed by atoms with E-state index >= 15 is 0 Å². The fourth-order valence-electron chi connectivity index (χ4n) is 3.27. The molecule has 0 spiro atoms. The van der Waals surface area contributed by atoms with Crippen molar-refractivity contribution in [2.24, 2.45) is 0 Å². The standard InChI is InChI=1S/C25H28N2O6S/c1-5-33-21-11-9-20(10-12-21)27(34(29,30)22-13-6-18(2)7-14-22)17-25(28)26-19-8-15-23(31-3)24(16-19)32-4/h6-16H,5,17H2,1-4H3,(H,26,28). The number of aryl methyl sites for hydroxylation is 1. The van der Waals surface area contributed by atoms with Crippen LogP contribution < -0.4 is 23.8 Å². The summed E-state index contributed by atoms with van der Waals surface area (Å²) in [5.41, 5.74) is 1.71. The minimum absolute atomic E-state index is 0.0888. The predicted molar refractivity (Wildman–Crippen MR) is 131 cm³/mol. The van der Waals surface area contributed by atoms with Gasteiger partial charge in [-0.25, -0.2) is 8.42 Å². The molecule has 3 aromatic carbocycles. The molecular formula is C25H28N2O6S. The molecule has 0 radical (unpaired) electrons. The van der Waals surface area contributed by atoms with E-state index in [-0.39, 0.29) is 4.90 Å². The maximum atomic E-state index is 13.5. The van der Waals surface area contributed by atoms with Crippen LogP contribution in [0, 0.1) is 6.92 Å². The number of carbonyl (C=O) groups excluding carboxylic acids is 1. The average molecular weight is 485 g/mol. The smallest absolute Gasteiger partial charge is 0.264 e. The van der Waals surface area contributed by atoms with E-state index in [1.165, 1.54) is 26.4 Å². The topological polar surface area (TPSA) is 94.2 Å². The molecule has 0 aliphatic rings. The summed E-state index contributed by atoms with van der Waals surface area (Å²) in [5.74, 6) is 1.04. The van der Waals surface area contributed by atoms with Gasteiger partial charge in [0, 0.05) is 11.8 Å². The predicted octanol–water partition coefficient (Wildman–Crippen LogP) is 4.24. The Morgan fingerprint density at radius 1 is 0.912 bits per heavy atom. The van der Waals surface area contributed by atoms with Crippen LogP contribution >= 0.6 is 0 Å². The lowest BCUT2D eigenvalue weighted by Crippen LogP contribution is -2.38. The number of methoxy groups -OCH3 is 2. The highest BCUT2D eigenvalue weighted by Gasteiger charge is 2.27. The van der Waals surface area contributed by atoms with Crippen LogP contribution in [0.15, 0.2) is 71.6 Å². The van der Waals surface area contributed by atoms with E-state index < -0.39 is 22.5 Å². The quantitative estimate of drug-likeness (QED) is 0.463. The van der Waals surface area contributed by atoms with Gasteiger partial charge in [0.2, 0.25) is 5.91 Å². The zero-order valence-corrected chi connectivity index (χ0v) is 20.4. The third-order valence-electron chi connectivity index (χ3n) is 5.00. The van der Waals surface area contributed by atoms with Crippen LogP contribution in [-0.2, 0) is 14.8 Å². The number of hydrogen-bond donors (Lipinski definition) is 1. The van der Waals surface area contributed by atoms with Gasteiger partial charge in [-0.05, 0) is 62.4 Å². The van der Waals surface area contributed by atoms with Gasteiger partial charge in [-0.15, -0.1) is 0 Å². The largest absolute Gasteiger partial charge is 0.494 e. The van der Waals surface area contributed by atoms with E-state index in [1.54, 1.807) is 54.6 Å². The number of carbonyl (C=O) groups is 1. The van der Waals surface area contributed by atoms with Gasteiger partial charge in [0.1, 0.15) is 12.3 Å². The maximum Gasteiger partial charge on any atom is 0.264 e. The van der Waals surface area contributed by atoms with Crippen LogP contribution in [0.25, 0.3) is 0 Å². The van der Waals surface area contributed by atoms with Crippen molar-refractivity contribution in [1.82, 2.24) is 0 Å². The van der Waals surface area contributed by atoms with Crippen LogP contribution in [0.3, 0.4) is 0 Å². The Balaban J connectivity index is 1.92. The molecule has 8 nitrogen and oxygen atoms in total. The fraction of sp³-hybridized carbons (Fsp3) is 0.240. The summed E-state index contributed by atoms with van der Waals surface area (Å²) in [6, 6.07) is 18.0. The Bertz CT molecular complexity index is 1230. The van der Waals surface area contributed by atoms with Gasteiger partial charge < -0.3 is 19.5 Å². The number of nitrogens with zero attached hydrogens (tertiary/aromatic N) is 1. The Hall–Kier alpha value is -3.72. The summed E-state index contributed by atoms with van der Waals surface area (Å²) in [7, 11) is -1.01. The second-order valence-electron chi connectivity index (χ2n) is 7.37. The third kappa shape index (κ3) is 5.79. The van der Waals surface area contributed by atoms with Crippen molar-refractivity contribution in [3.05, 3.63) is 72.3 Å². The molecule has 3 rings (SSSR count). The Morgan fingerprint density at radius 3 is 2.15 bits per heavy atom. The van der Waals surface area contributed by atoms with Gasteiger partial charge in [0.05, 0.1) is 31.4 Å². The van der Waals surface area contributed by atoms with E-state index in [1.807, 2.05) is 13.8 Å². The highest BCUT2D eigenvalue weighted by molar-refractivity contribution is 7.92. The van der Waals surface area contributed by atoms with Crippen molar-refractivity contribution in [2.45, 2.75) is 18.7 Å². The Morgan fingerprint density at radius 2 is 1.56 bits per heavy atom. The van der Waals surface area contributed by atoms with Gasteiger partial charge in [-0.3, -0.25) is 9.10 Å². The molecule has 0 fully saturated rings. The number of nitrogens with one attached hydrogen (secondary N) is 1. The summed E-state index contributed by atoms with van der Waals surface area (Å²) in [6.07, 6.45) is 0. The van der Waals surface area contributed by atoms with Gasteiger partial charge in [0.15, 0.2) is 11.5 Å². The van der Waals surface area contributed by atoms with E-state index in [0.717, 1.165) is 9.87 Å². The van der Waals surface area contributed by atoms with Crippen LogP contribution in [0.1, 0.15) is 12.5 Å². The highest BCUT2D eigenvalue weighted by Crippen LogP contribution is 2.30. The molecule has 34 heavy (non-hydrogen) atoms. The molecule has 0 aliphatic heterocycles. The van der Waals surface area contributed by atoms with Crippen LogP contribution in [-0.4, -0.2) is 41.7 Å². The van der Waals surface area contributed by atoms with Crippen molar-refractivity contribution >= 4 is 27.3 Å². The minimum atomic E-state index is -4.02. The summed E-state index contributed by atoms with van der Waals surface area (Å²) in [4.78, 5) is 13.0. The molecule has 1 amide bonds. The molecule has 0 bridgehead atoms. The molecule has 1 N–H and O–H groups in total. The zero-order chi connectivity index (χ0) is 24.7. The summed E-state index contributed by atoms with van der Waals surface area (Å²) < 4.78 is 44.0. The summed E-state index contributed by atoms with van der Waals surface area (Å²) >= 11 is 0. The van der Waals surface area contributed by atoms with E-state index in [2.05, 4.69) is 5.32 Å². The number of benzene rings is 3. The van der Waals surface area contributed by atoms with Gasteiger partial charge in [-0.1, -0.05) is 17.7 Å². The first-order chi connectivity index (χ1) is 16.3. The van der Waals surface area contributed by atoms with Crippen molar-refractivity contribution < 1.29 is 27.4 Å². The average Bonchev–Trinajstić information content (AvgIpc) is 2.83. The molecule has 180 valence electrons. The third-order valence-corrected chi connectivity index (χ3v) is 6.79. The monoisotopic (exact) mass is 484 g/mol. The SMILES string of the molecule is CCOc1ccc(N(CC(=O)Nc2ccc(OC)c(OC)c2)S(=O)(=O)c2ccc(C)cc2)cc1. The molecule has 0 heterocycles. The molecule has 0 aromatic heterocycles. The van der Waals surface area contributed by atoms with Crippen molar-refractivity contribution in [3.63, 3.8) is 0 Å². The second kappa shape index (κ2) is 10.9. The highest BCUT2D eigenvalue weighted by atomic mass is 32.2. The normalized spacial score (nSPS) is 10.9.